The largest absolute Gasteiger partial charge is 0.494 e. The van der Waals surface area contributed by atoms with E-state index in [1.54, 1.807) is 11.0 Å². The zero-order valence-electron chi connectivity index (χ0n) is 19.8. The highest BCUT2D eigenvalue weighted by molar-refractivity contribution is 5.89. The van der Waals surface area contributed by atoms with Crippen LogP contribution in [0.4, 0.5) is 14.9 Å². The number of carbonyl (C=O) groups excluding carboxylic acids is 1. The summed E-state index contributed by atoms with van der Waals surface area (Å²) in [7, 11) is 0. The molecule has 3 aromatic carbocycles. The number of anilines is 1. The molecule has 1 heterocycles. The monoisotopic (exact) mass is 473 g/mol. The second kappa shape index (κ2) is 10.9. The number of ether oxygens (including phenoxy) is 1. The number of hydrogen-bond donors (Lipinski definition) is 2. The van der Waals surface area contributed by atoms with E-state index >= 15 is 0 Å². The second-order valence-corrected chi connectivity index (χ2v) is 8.34. The summed E-state index contributed by atoms with van der Waals surface area (Å²) in [6.07, 6.45) is 0.628. The van der Waals surface area contributed by atoms with Crippen molar-refractivity contribution in [1.29, 1.82) is 0 Å². The molecule has 0 fully saturated rings. The molecule has 2 amide bonds. The lowest BCUT2D eigenvalue weighted by atomic mass is 10.1. The number of aromatic nitrogens is 1. The molecular weight excluding hydrogens is 445 g/mol. The molecule has 1 aromatic heterocycles. The smallest absolute Gasteiger partial charge is 0.322 e. The van der Waals surface area contributed by atoms with Crippen LogP contribution in [-0.4, -0.2) is 29.1 Å². The lowest BCUT2D eigenvalue weighted by Crippen LogP contribution is -2.37. The lowest BCUT2D eigenvalue weighted by Gasteiger charge is -2.23. The predicted octanol–water partition coefficient (Wildman–Crippen LogP) is 5.65. The molecule has 0 spiro atoms. The number of nitrogens with one attached hydrogen (secondary N) is 2. The minimum absolute atomic E-state index is 0.114. The van der Waals surface area contributed by atoms with Gasteiger partial charge in [0.15, 0.2) is 0 Å². The van der Waals surface area contributed by atoms with Gasteiger partial charge in [0.1, 0.15) is 11.6 Å². The number of amides is 2. The van der Waals surface area contributed by atoms with Gasteiger partial charge in [-0.2, -0.15) is 0 Å². The number of H-pyrrole nitrogens is 1. The number of benzene rings is 3. The Morgan fingerprint density at radius 2 is 1.80 bits per heavy atom. The maximum absolute atomic E-state index is 13.3. The summed E-state index contributed by atoms with van der Waals surface area (Å²) in [5, 5.41) is 3.63. The first-order valence-corrected chi connectivity index (χ1v) is 11.6. The van der Waals surface area contributed by atoms with Crippen LogP contribution in [0.3, 0.4) is 0 Å². The van der Waals surface area contributed by atoms with Crippen molar-refractivity contribution in [2.24, 2.45) is 0 Å². The molecule has 35 heavy (non-hydrogen) atoms. The van der Waals surface area contributed by atoms with Crippen molar-refractivity contribution >= 4 is 22.6 Å². The van der Waals surface area contributed by atoms with Crippen molar-refractivity contribution in [2.45, 2.75) is 26.8 Å². The average molecular weight is 474 g/mol. The van der Waals surface area contributed by atoms with Crippen molar-refractivity contribution in [3.05, 3.63) is 106 Å². The van der Waals surface area contributed by atoms with Crippen molar-refractivity contribution in [1.82, 2.24) is 9.88 Å². The molecule has 0 aliphatic rings. The van der Waals surface area contributed by atoms with Crippen molar-refractivity contribution < 1.29 is 13.9 Å². The fourth-order valence-corrected chi connectivity index (χ4v) is 3.94. The summed E-state index contributed by atoms with van der Waals surface area (Å²) in [4.78, 5) is 30.5. The molecule has 0 unspecified atom stereocenters. The number of carbonyl (C=O) groups is 1. The van der Waals surface area contributed by atoms with Gasteiger partial charge in [-0.05, 0) is 79.9 Å². The normalized spacial score (nSPS) is 10.8. The highest BCUT2D eigenvalue weighted by Crippen LogP contribution is 2.20. The van der Waals surface area contributed by atoms with E-state index in [1.807, 2.05) is 56.3 Å². The Bertz CT molecular complexity index is 1380. The first-order chi connectivity index (χ1) is 16.9. The van der Waals surface area contributed by atoms with Gasteiger partial charge in [0.2, 0.25) is 0 Å². The first kappa shape index (κ1) is 24.0. The van der Waals surface area contributed by atoms with E-state index in [9.17, 15) is 14.0 Å². The van der Waals surface area contributed by atoms with Gasteiger partial charge in [0.25, 0.3) is 5.56 Å². The van der Waals surface area contributed by atoms with Crippen LogP contribution in [0.15, 0.2) is 77.6 Å². The summed E-state index contributed by atoms with van der Waals surface area (Å²) in [6, 6.07) is 20.5. The van der Waals surface area contributed by atoms with Crippen molar-refractivity contribution in [3.8, 4) is 5.75 Å². The van der Waals surface area contributed by atoms with Gasteiger partial charge >= 0.3 is 6.03 Å². The Morgan fingerprint density at radius 3 is 2.54 bits per heavy atom. The molecule has 0 aliphatic carbocycles. The Kier molecular flexibility index (Phi) is 7.45. The van der Waals surface area contributed by atoms with Gasteiger partial charge in [0, 0.05) is 28.7 Å². The minimum Gasteiger partial charge on any atom is -0.494 e. The van der Waals surface area contributed by atoms with Crippen LogP contribution in [0.5, 0.6) is 5.75 Å². The third-order valence-electron chi connectivity index (χ3n) is 5.86. The van der Waals surface area contributed by atoms with Crippen LogP contribution in [0.25, 0.3) is 10.9 Å². The van der Waals surface area contributed by atoms with Crippen LogP contribution >= 0.6 is 0 Å². The number of urea groups is 1. The van der Waals surface area contributed by atoms with Crippen molar-refractivity contribution in [2.75, 3.05) is 18.5 Å². The van der Waals surface area contributed by atoms with Crippen LogP contribution in [0.1, 0.15) is 23.6 Å². The topological polar surface area (TPSA) is 74.4 Å². The zero-order valence-corrected chi connectivity index (χ0v) is 19.8. The van der Waals surface area contributed by atoms with Crippen LogP contribution in [0.2, 0.25) is 0 Å². The fourth-order valence-electron chi connectivity index (χ4n) is 3.94. The number of pyridine rings is 1. The third kappa shape index (κ3) is 6.06. The molecular formula is C28H28FN3O3. The molecule has 0 saturated heterocycles. The highest BCUT2D eigenvalue weighted by Gasteiger charge is 2.17. The maximum atomic E-state index is 13.3. The molecule has 4 aromatic rings. The number of nitrogens with zero attached hydrogens (tertiary/aromatic N) is 1. The Labute approximate surface area is 203 Å². The Hall–Kier alpha value is -4.13. The van der Waals surface area contributed by atoms with E-state index in [4.69, 9.17) is 4.74 Å². The first-order valence-electron chi connectivity index (χ1n) is 11.6. The molecule has 0 aliphatic heterocycles. The van der Waals surface area contributed by atoms with Gasteiger partial charge in [-0.25, -0.2) is 9.18 Å². The Morgan fingerprint density at radius 1 is 1.03 bits per heavy atom. The van der Waals surface area contributed by atoms with Gasteiger partial charge in [0.05, 0.1) is 13.2 Å². The predicted molar refractivity (Wildman–Crippen MR) is 136 cm³/mol. The number of halogens is 1. The number of fused-ring (bicyclic) bond motifs is 1. The maximum Gasteiger partial charge on any atom is 0.322 e. The molecule has 7 heteroatoms. The standard InChI is InChI=1S/C28H28FN3O3/c1-3-35-25-12-13-26-21(17-25)16-22(27(33)31-26)18-32(15-14-20-7-5-4-6-19(20)2)28(34)30-24-10-8-23(29)9-11-24/h4-13,16-17H,3,14-15,18H2,1-2H3,(H,30,34)(H,31,33). The van der Waals surface area contributed by atoms with Crippen LogP contribution < -0.4 is 15.6 Å². The molecule has 0 bridgehead atoms. The third-order valence-corrected chi connectivity index (χ3v) is 5.86. The number of rotatable bonds is 8. The summed E-state index contributed by atoms with van der Waals surface area (Å²) >= 11 is 0. The minimum atomic E-state index is -0.381. The lowest BCUT2D eigenvalue weighted by molar-refractivity contribution is 0.209. The number of hydrogen-bond acceptors (Lipinski definition) is 3. The quantitative estimate of drug-likeness (QED) is 0.347. The van der Waals surface area contributed by atoms with Crippen LogP contribution in [0, 0.1) is 12.7 Å². The second-order valence-electron chi connectivity index (χ2n) is 8.34. The summed E-state index contributed by atoms with van der Waals surface area (Å²) in [5.41, 5.74) is 3.65. The molecule has 0 atom stereocenters. The molecule has 0 radical (unpaired) electrons. The Balaban J connectivity index is 1.61. The van der Waals surface area contributed by atoms with E-state index in [0.29, 0.717) is 42.1 Å². The van der Waals surface area contributed by atoms with Gasteiger partial charge < -0.3 is 19.9 Å². The number of aryl methyl sites for hydroxylation is 1. The SMILES string of the molecule is CCOc1ccc2[nH]c(=O)c(CN(CCc3ccccc3C)C(=O)Nc3ccc(F)cc3)cc2c1. The highest BCUT2D eigenvalue weighted by atomic mass is 19.1. The number of aromatic amines is 1. The molecule has 4 rings (SSSR count). The summed E-state index contributed by atoms with van der Waals surface area (Å²) in [5.74, 6) is 0.331. The van der Waals surface area contributed by atoms with Crippen molar-refractivity contribution in [3.63, 3.8) is 0 Å². The van der Waals surface area contributed by atoms with E-state index in [1.165, 1.54) is 24.3 Å². The van der Waals surface area contributed by atoms with E-state index in [0.717, 1.165) is 16.5 Å². The van der Waals surface area contributed by atoms with E-state index < -0.39 is 0 Å². The van der Waals surface area contributed by atoms with E-state index in [-0.39, 0.29) is 24.0 Å². The van der Waals surface area contributed by atoms with Gasteiger partial charge in [-0.15, -0.1) is 0 Å². The van der Waals surface area contributed by atoms with Gasteiger partial charge in [-0.1, -0.05) is 24.3 Å². The molecule has 0 saturated carbocycles. The van der Waals surface area contributed by atoms with Crippen LogP contribution in [-0.2, 0) is 13.0 Å². The molecule has 6 nitrogen and oxygen atoms in total. The fraction of sp³-hybridized carbons (Fsp3) is 0.214. The molecule has 180 valence electrons. The van der Waals surface area contributed by atoms with E-state index in [2.05, 4.69) is 10.3 Å². The summed E-state index contributed by atoms with van der Waals surface area (Å²) < 4.78 is 18.9. The average Bonchev–Trinajstić information content (AvgIpc) is 2.84. The van der Waals surface area contributed by atoms with Gasteiger partial charge in [-0.3, -0.25) is 4.79 Å². The zero-order chi connectivity index (χ0) is 24.8. The molecule has 2 N–H and O–H groups in total. The summed E-state index contributed by atoms with van der Waals surface area (Å²) in [6.45, 7) is 4.99.